The fourth-order valence-corrected chi connectivity index (χ4v) is 3.43. The third-order valence-electron chi connectivity index (χ3n) is 4.17. The summed E-state index contributed by atoms with van der Waals surface area (Å²) in [6.07, 6.45) is 9.39. The van der Waals surface area contributed by atoms with E-state index >= 15 is 0 Å². The second kappa shape index (κ2) is 6.56. The number of halogens is 1. The number of hydrogen-bond acceptors (Lipinski definition) is 0. The maximum atomic E-state index is 3.67. The van der Waals surface area contributed by atoms with Crippen LogP contribution in [-0.4, -0.2) is 5.33 Å². The Morgan fingerprint density at radius 2 is 1.89 bits per heavy atom. The Labute approximate surface area is 120 Å². The monoisotopic (exact) mass is 306 g/mol. The molecule has 0 nitrogen and oxygen atoms in total. The lowest BCUT2D eigenvalue weighted by Gasteiger charge is -2.23. The van der Waals surface area contributed by atoms with Gasteiger partial charge in [0.15, 0.2) is 0 Å². The Morgan fingerprint density at radius 1 is 1.17 bits per heavy atom. The Kier molecular flexibility index (Phi) is 5.05. The maximum absolute atomic E-state index is 3.67. The standard InChI is InChI=1S/C17H23Br/c1-13-8-9-15(10-14(13)2)11-17(12-18)16-6-4-3-5-7-16/h8-11,16H,3-7,12H2,1-2H3. The van der Waals surface area contributed by atoms with Gasteiger partial charge in [-0.25, -0.2) is 0 Å². The third kappa shape index (κ3) is 3.47. The summed E-state index contributed by atoms with van der Waals surface area (Å²) in [6, 6.07) is 6.78. The first kappa shape index (κ1) is 13.9. The fraction of sp³-hybridized carbons (Fsp3) is 0.529. The van der Waals surface area contributed by atoms with E-state index in [1.54, 1.807) is 5.57 Å². The molecular weight excluding hydrogens is 284 g/mol. The molecule has 0 atom stereocenters. The number of aryl methyl sites for hydroxylation is 2. The molecule has 0 N–H and O–H groups in total. The SMILES string of the molecule is Cc1ccc(C=C(CBr)C2CCCCC2)cc1C. The summed E-state index contributed by atoms with van der Waals surface area (Å²) in [5.74, 6) is 0.805. The van der Waals surface area contributed by atoms with Gasteiger partial charge in [-0.3, -0.25) is 0 Å². The summed E-state index contributed by atoms with van der Waals surface area (Å²) in [5.41, 5.74) is 5.71. The van der Waals surface area contributed by atoms with Gasteiger partial charge in [0, 0.05) is 5.33 Å². The normalized spacial score (nSPS) is 18.1. The van der Waals surface area contributed by atoms with Gasteiger partial charge in [-0.05, 0) is 49.3 Å². The van der Waals surface area contributed by atoms with Gasteiger partial charge in [0.25, 0.3) is 0 Å². The van der Waals surface area contributed by atoms with Crippen LogP contribution in [0.2, 0.25) is 0 Å². The van der Waals surface area contributed by atoms with Crippen LogP contribution in [0.4, 0.5) is 0 Å². The molecule has 0 heterocycles. The van der Waals surface area contributed by atoms with Gasteiger partial charge in [-0.1, -0.05) is 65.0 Å². The highest BCUT2D eigenvalue weighted by atomic mass is 79.9. The van der Waals surface area contributed by atoms with Crippen molar-refractivity contribution in [2.45, 2.75) is 46.0 Å². The lowest BCUT2D eigenvalue weighted by atomic mass is 9.83. The minimum Gasteiger partial charge on any atom is -0.0880 e. The average molecular weight is 307 g/mol. The second-order valence-electron chi connectivity index (χ2n) is 5.53. The van der Waals surface area contributed by atoms with Gasteiger partial charge in [0.05, 0.1) is 0 Å². The first-order chi connectivity index (χ1) is 8.70. The molecule has 0 spiro atoms. The van der Waals surface area contributed by atoms with Gasteiger partial charge in [0.2, 0.25) is 0 Å². The lowest BCUT2D eigenvalue weighted by molar-refractivity contribution is 0.405. The highest BCUT2D eigenvalue weighted by Crippen LogP contribution is 2.31. The van der Waals surface area contributed by atoms with E-state index < -0.39 is 0 Å². The minimum absolute atomic E-state index is 0.805. The van der Waals surface area contributed by atoms with Gasteiger partial charge < -0.3 is 0 Å². The zero-order valence-corrected chi connectivity index (χ0v) is 13.1. The van der Waals surface area contributed by atoms with Crippen molar-refractivity contribution in [3.8, 4) is 0 Å². The molecule has 0 radical (unpaired) electrons. The van der Waals surface area contributed by atoms with E-state index in [1.165, 1.54) is 48.8 Å². The van der Waals surface area contributed by atoms with Crippen molar-refractivity contribution in [3.63, 3.8) is 0 Å². The van der Waals surface area contributed by atoms with Gasteiger partial charge >= 0.3 is 0 Å². The lowest BCUT2D eigenvalue weighted by Crippen LogP contribution is -2.10. The molecule has 1 aromatic rings. The van der Waals surface area contributed by atoms with Gasteiger partial charge in [-0.15, -0.1) is 0 Å². The minimum atomic E-state index is 0.805. The fourth-order valence-electron chi connectivity index (χ4n) is 2.81. The second-order valence-corrected chi connectivity index (χ2v) is 6.09. The summed E-state index contributed by atoms with van der Waals surface area (Å²) in [6.45, 7) is 4.37. The Bertz CT molecular complexity index is 425. The highest BCUT2D eigenvalue weighted by molar-refractivity contribution is 9.09. The average Bonchev–Trinajstić information content (AvgIpc) is 2.41. The number of benzene rings is 1. The highest BCUT2D eigenvalue weighted by Gasteiger charge is 2.16. The Hall–Kier alpha value is -0.560. The molecule has 0 unspecified atom stereocenters. The first-order valence-electron chi connectivity index (χ1n) is 7.04. The number of hydrogen-bond donors (Lipinski definition) is 0. The van der Waals surface area contributed by atoms with Crippen molar-refractivity contribution < 1.29 is 0 Å². The van der Waals surface area contributed by atoms with Crippen LogP contribution in [0.15, 0.2) is 23.8 Å². The topological polar surface area (TPSA) is 0 Å². The molecule has 1 saturated carbocycles. The van der Waals surface area contributed by atoms with Crippen LogP contribution in [-0.2, 0) is 0 Å². The molecule has 1 aliphatic carbocycles. The molecule has 1 aliphatic rings. The van der Waals surface area contributed by atoms with Crippen LogP contribution >= 0.6 is 15.9 Å². The Balaban J connectivity index is 2.19. The number of rotatable bonds is 3. The van der Waals surface area contributed by atoms with E-state index in [-0.39, 0.29) is 0 Å². The van der Waals surface area contributed by atoms with E-state index in [0.29, 0.717) is 0 Å². The summed E-state index contributed by atoms with van der Waals surface area (Å²) in [4.78, 5) is 0. The Morgan fingerprint density at radius 3 is 2.50 bits per heavy atom. The zero-order valence-electron chi connectivity index (χ0n) is 11.5. The number of allylic oxidation sites excluding steroid dienone is 1. The molecule has 0 amide bonds. The third-order valence-corrected chi connectivity index (χ3v) is 4.81. The molecule has 1 fully saturated rings. The predicted molar refractivity (Wildman–Crippen MR) is 84.3 cm³/mol. The molecule has 0 bridgehead atoms. The molecule has 1 heteroatoms. The van der Waals surface area contributed by atoms with E-state index in [4.69, 9.17) is 0 Å². The number of alkyl halides is 1. The van der Waals surface area contributed by atoms with E-state index in [1.807, 2.05) is 0 Å². The van der Waals surface area contributed by atoms with Crippen LogP contribution in [0.25, 0.3) is 6.08 Å². The van der Waals surface area contributed by atoms with Crippen molar-refractivity contribution >= 4 is 22.0 Å². The van der Waals surface area contributed by atoms with E-state index in [9.17, 15) is 0 Å². The predicted octanol–water partition coefficient (Wildman–Crippen LogP) is 5.66. The quantitative estimate of drug-likeness (QED) is 0.632. The molecule has 0 aromatic heterocycles. The van der Waals surface area contributed by atoms with Crippen molar-refractivity contribution in [1.29, 1.82) is 0 Å². The first-order valence-corrected chi connectivity index (χ1v) is 8.16. The molecule has 2 rings (SSSR count). The van der Waals surface area contributed by atoms with Crippen LogP contribution in [0, 0.1) is 19.8 Å². The van der Waals surface area contributed by atoms with Gasteiger partial charge in [-0.2, -0.15) is 0 Å². The van der Waals surface area contributed by atoms with Crippen LogP contribution < -0.4 is 0 Å². The molecule has 18 heavy (non-hydrogen) atoms. The van der Waals surface area contributed by atoms with E-state index in [0.717, 1.165) is 11.2 Å². The summed E-state index contributed by atoms with van der Waals surface area (Å²) >= 11 is 3.67. The van der Waals surface area contributed by atoms with Crippen LogP contribution in [0.1, 0.15) is 48.8 Å². The zero-order chi connectivity index (χ0) is 13.0. The molecular formula is C17H23Br. The molecule has 0 saturated heterocycles. The van der Waals surface area contributed by atoms with Crippen molar-refractivity contribution in [1.82, 2.24) is 0 Å². The van der Waals surface area contributed by atoms with Crippen molar-refractivity contribution in [2.24, 2.45) is 5.92 Å². The van der Waals surface area contributed by atoms with Gasteiger partial charge in [0.1, 0.15) is 0 Å². The van der Waals surface area contributed by atoms with Crippen molar-refractivity contribution in [2.75, 3.05) is 5.33 Å². The summed E-state index contributed by atoms with van der Waals surface area (Å²) < 4.78 is 0. The summed E-state index contributed by atoms with van der Waals surface area (Å²) in [5, 5.41) is 1.02. The smallest absolute Gasteiger partial charge is 0.0247 e. The summed E-state index contributed by atoms with van der Waals surface area (Å²) in [7, 11) is 0. The van der Waals surface area contributed by atoms with Crippen molar-refractivity contribution in [3.05, 3.63) is 40.5 Å². The largest absolute Gasteiger partial charge is 0.0880 e. The van der Waals surface area contributed by atoms with Crippen LogP contribution in [0.5, 0.6) is 0 Å². The maximum Gasteiger partial charge on any atom is 0.0247 e. The van der Waals surface area contributed by atoms with Crippen LogP contribution in [0.3, 0.4) is 0 Å². The molecule has 0 aliphatic heterocycles. The molecule has 98 valence electrons. The molecule has 1 aromatic carbocycles. The van der Waals surface area contributed by atoms with E-state index in [2.05, 4.69) is 54.1 Å².